The van der Waals surface area contributed by atoms with Crippen molar-refractivity contribution < 1.29 is 9.53 Å². The number of ketones is 1. The van der Waals surface area contributed by atoms with Crippen molar-refractivity contribution in [1.82, 2.24) is 4.98 Å². The summed E-state index contributed by atoms with van der Waals surface area (Å²) >= 11 is 1.80. The number of hydrogen-bond donors (Lipinski definition) is 0. The molecule has 4 heteroatoms. The molecule has 8 rings (SSSR count). The number of thiazole rings is 1. The number of fused-ring (bicyclic) bond motifs is 5. The molecule has 2 heterocycles. The molecule has 0 amide bonds. The van der Waals surface area contributed by atoms with Gasteiger partial charge in [-0.15, -0.1) is 11.3 Å². The summed E-state index contributed by atoms with van der Waals surface area (Å²) in [5, 5.41) is 0. The monoisotopic (exact) mass is 563 g/mol. The Balaban J connectivity index is 1.19. The van der Waals surface area contributed by atoms with Crippen LogP contribution in [-0.2, 0) is 9.53 Å². The molecule has 2 bridgehead atoms. The van der Waals surface area contributed by atoms with Gasteiger partial charge in [0.05, 0.1) is 23.9 Å². The van der Waals surface area contributed by atoms with Crippen LogP contribution in [0.1, 0.15) is 129 Å². The summed E-state index contributed by atoms with van der Waals surface area (Å²) in [6.45, 7) is 21.0. The maximum absolute atomic E-state index is 14.4. The second-order valence-corrected chi connectivity index (χ2v) is 19.1. The van der Waals surface area contributed by atoms with Gasteiger partial charge in [-0.25, -0.2) is 4.98 Å². The minimum absolute atomic E-state index is 0.154. The summed E-state index contributed by atoms with van der Waals surface area (Å²) in [5.74, 6) is 3.73. The van der Waals surface area contributed by atoms with Crippen molar-refractivity contribution in [2.24, 2.45) is 61.6 Å². The van der Waals surface area contributed by atoms with Gasteiger partial charge >= 0.3 is 0 Å². The Morgan fingerprint density at radius 1 is 0.900 bits per heavy atom. The van der Waals surface area contributed by atoms with E-state index in [2.05, 4.69) is 60.4 Å². The molecule has 220 valence electrons. The van der Waals surface area contributed by atoms with Gasteiger partial charge in [-0.1, -0.05) is 48.5 Å². The van der Waals surface area contributed by atoms with Gasteiger partial charge in [-0.3, -0.25) is 4.79 Å². The Hall–Kier alpha value is -0.740. The molecular weight excluding hydrogens is 510 g/mol. The topological polar surface area (TPSA) is 39.2 Å². The summed E-state index contributed by atoms with van der Waals surface area (Å²) < 4.78 is 6.79. The van der Waals surface area contributed by atoms with Crippen molar-refractivity contribution in [3.63, 3.8) is 0 Å². The first-order chi connectivity index (χ1) is 18.7. The Morgan fingerprint density at radius 3 is 2.38 bits per heavy atom. The molecule has 1 aromatic rings. The van der Waals surface area contributed by atoms with Crippen molar-refractivity contribution in [3.05, 3.63) is 16.1 Å². The van der Waals surface area contributed by atoms with Gasteiger partial charge in [0, 0.05) is 21.6 Å². The predicted molar refractivity (Wildman–Crippen MR) is 161 cm³/mol. The lowest BCUT2D eigenvalue weighted by molar-refractivity contribution is -0.244. The first-order valence-corrected chi connectivity index (χ1v) is 17.6. The lowest BCUT2D eigenvalue weighted by Gasteiger charge is -2.73. The van der Waals surface area contributed by atoms with Crippen LogP contribution in [0.5, 0.6) is 0 Å². The van der Waals surface area contributed by atoms with Crippen molar-refractivity contribution in [2.75, 3.05) is 6.61 Å². The van der Waals surface area contributed by atoms with E-state index in [1.807, 2.05) is 5.51 Å². The number of Topliss-reactive ketones (excluding diaryl/α,β-unsaturated/α-hetero) is 1. The Bertz CT molecular complexity index is 1280. The fourth-order valence-corrected chi connectivity index (χ4v) is 15.1. The third-order valence-electron chi connectivity index (χ3n) is 16.2. The van der Waals surface area contributed by atoms with Crippen LogP contribution in [0.4, 0.5) is 0 Å². The summed E-state index contributed by atoms with van der Waals surface area (Å²) in [6, 6.07) is 0. The zero-order valence-electron chi connectivity index (χ0n) is 26.5. The van der Waals surface area contributed by atoms with Crippen LogP contribution in [0.2, 0.25) is 0 Å². The van der Waals surface area contributed by atoms with Crippen LogP contribution in [0.25, 0.3) is 0 Å². The molecule has 0 unspecified atom stereocenters. The van der Waals surface area contributed by atoms with Crippen LogP contribution in [0.15, 0.2) is 5.51 Å². The van der Waals surface area contributed by atoms with E-state index in [4.69, 9.17) is 4.74 Å². The van der Waals surface area contributed by atoms with Gasteiger partial charge in [-0.05, 0) is 122 Å². The number of carbonyl (C=O) groups excluding carboxylic acids is 1. The number of rotatable bonds is 1. The van der Waals surface area contributed by atoms with E-state index in [0.29, 0.717) is 51.3 Å². The van der Waals surface area contributed by atoms with Gasteiger partial charge in [-0.2, -0.15) is 0 Å². The third-order valence-corrected chi connectivity index (χ3v) is 17.2. The molecule has 11 atom stereocenters. The van der Waals surface area contributed by atoms with Crippen molar-refractivity contribution >= 4 is 17.1 Å². The molecular formula is C36H53NO2S. The Labute approximate surface area is 247 Å². The highest BCUT2D eigenvalue weighted by Gasteiger charge is 2.77. The molecule has 7 aliphatic rings. The molecule has 1 aromatic heterocycles. The number of aryl methyl sites for hydroxylation is 1. The SMILES string of the molecule is Cc1ncsc1[C@H]1C[C@@]12C[C@@]1(C)[C@H](CC[C@]3(C)[C@@H]1CC[C@H]1[C@@H]4[C@H]5OC[C@@]4(CCC5(C)C)CC[C@]13C)C(C)(C)C2=O. The maximum Gasteiger partial charge on any atom is 0.145 e. The molecule has 3 nitrogen and oxygen atoms in total. The van der Waals surface area contributed by atoms with Crippen LogP contribution < -0.4 is 0 Å². The van der Waals surface area contributed by atoms with E-state index in [-0.39, 0.29) is 16.2 Å². The summed E-state index contributed by atoms with van der Waals surface area (Å²) in [4.78, 5) is 20.4. The lowest BCUT2D eigenvalue weighted by atomic mass is 9.31. The average Bonchev–Trinajstić information content (AvgIpc) is 3.23. The number of carbonyl (C=O) groups is 1. The highest BCUT2D eigenvalue weighted by Crippen LogP contribution is 2.81. The van der Waals surface area contributed by atoms with Crippen molar-refractivity contribution in [1.29, 1.82) is 0 Å². The lowest BCUT2D eigenvalue weighted by Crippen LogP contribution is -2.68. The second kappa shape index (κ2) is 7.66. The van der Waals surface area contributed by atoms with E-state index in [1.165, 1.54) is 56.2 Å². The molecule has 40 heavy (non-hydrogen) atoms. The molecule has 6 aliphatic carbocycles. The first-order valence-electron chi connectivity index (χ1n) is 16.7. The quantitative estimate of drug-likeness (QED) is 0.342. The Kier molecular flexibility index (Phi) is 5.14. The van der Waals surface area contributed by atoms with E-state index in [9.17, 15) is 4.79 Å². The normalized spacial score (nSPS) is 55.2. The Morgan fingerprint density at radius 2 is 1.65 bits per heavy atom. The molecule has 7 fully saturated rings. The van der Waals surface area contributed by atoms with Crippen LogP contribution in [0, 0.1) is 68.5 Å². The maximum atomic E-state index is 14.4. The smallest absolute Gasteiger partial charge is 0.145 e. The number of aromatic nitrogens is 1. The molecule has 0 N–H and O–H groups in total. The largest absolute Gasteiger partial charge is 0.377 e. The third kappa shape index (κ3) is 2.89. The second-order valence-electron chi connectivity index (χ2n) is 18.2. The fourth-order valence-electron chi connectivity index (χ4n) is 14.1. The zero-order chi connectivity index (χ0) is 28.3. The molecule has 1 spiro atoms. The van der Waals surface area contributed by atoms with E-state index in [0.717, 1.165) is 37.0 Å². The minimum Gasteiger partial charge on any atom is -0.377 e. The zero-order valence-corrected chi connectivity index (χ0v) is 27.3. The predicted octanol–water partition coefficient (Wildman–Crippen LogP) is 8.99. The molecule has 0 aromatic carbocycles. The average molecular weight is 564 g/mol. The summed E-state index contributed by atoms with van der Waals surface area (Å²) in [6.07, 6.45) is 13.4. The number of hydrogen-bond acceptors (Lipinski definition) is 4. The molecule has 1 saturated heterocycles. The molecule has 6 saturated carbocycles. The van der Waals surface area contributed by atoms with Gasteiger partial charge in [0.1, 0.15) is 5.78 Å². The van der Waals surface area contributed by atoms with Crippen LogP contribution >= 0.6 is 11.3 Å². The minimum atomic E-state index is -0.240. The number of ether oxygens (including phenoxy) is 1. The van der Waals surface area contributed by atoms with Crippen molar-refractivity contribution in [3.8, 4) is 0 Å². The van der Waals surface area contributed by atoms with Gasteiger partial charge in [0.2, 0.25) is 0 Å². The van der Waals surface area contributed by atoms with Crippen molar-refractivity contribution in [2.45, 2.75) is 132 Å². The summed E-state index contributed by atoms with van der Waals surface area (Å²) in [5.41, 5.74) is 4.46. The summed E-state index contributed by atoms with van der Waals surface area (Å²) in [7, 11) is 0. The highest BCUT2D eigenvalue weighted by molar-refractivity contribution is 7.09. The van der Waals surface area contributed by atoms with E-state index >= 15 is 0 Å². The van der Waals surface area contributed by atoms with Gasteiger partial charge in [0.15, 0.2) is 0 Å². The molecule has 1 aliphatic heterocycles. The standard InChI is InChI=1S/C36H53NO2S/c1-21-27(40-20-37-21)23-17-36(23)18-32(6)24(31(4,5)29(36)38)11-12-34(8)25(32)10-9-22-26-28-30(2,3)13-15-35(26,19-39-28)16-14-33(22,34)7/h20,22-26,28H,9-19H2,1-8H3/t22-,23+,24+,25+,26+,28+,32-,33+,34+,35+,36+/m0/s1. The van der Waals surface area contributed by atoms with Crippen LogP contribution in [-0.4, -0.2) is 23.5 Å². The van der Waals surface area contributed by atoms with Gasteiger partial charge < -0.3 is 4.74 Å². The van der Waals surface area contributed by atoms with Gasteiger partial charge in [0.25, 0.3) is 0 Å². The number of nitrogens with zero attached hydrogens (tertiary/aromatic N) is 1. The molecule has 0 radical (unpaired) electrons. The van der Waals surface area contributed by atoms with E-state index in [1.54, 1.807) is 11.3 Å². The first kappa shape index (κ1) is 26.9. The van der Waals surface area contributed by atoms with E-state index < -0.39 is 0 Å². The highest BCUT2D eigenvalue weighted by atomic mass is 32.1. The van der Waals surface area contributed by atoms with Crippen LogP contribution in [0.3, 0.4) is 0 Å². The fraction of sp³-hybridized carbons (Fsp3) is 0.889.